The number of aromatic nitrogens is 1. The van der Waals surface area contributed by atoms with E-state index >= 15 is 0 Å². The van der Waals surface area contributed by atoms with Gasteiger partial charge in [-0.3, -0.25) is 0 Å². The molecule has 0 fully saturated rings. The van der Waals surface area contributed by atoms with Crippen molar-refractivity contribution in [2.75, 3.05) is 7.11 Å². The second kappa shape index (κ2) is 8.31. The van der Waals surface area contributed by atoms with E-state index < -0.39 is 45.9 Å². The molecule has 4 nitrogen and oxygen atoms in total. The van der Waals surface area contributed by atoms with E-state index in [1.807, 2.05) is 0 Å². The molecule has 1 rings (SSSR count). The van der Waals surface area contributed by atoms with Crippen LogP contribution in [-0.2, 0) is 17.3 Å². The van der Waals surface area contributed by atoms with Crippen LogP contribution in [0.15, 0.2) is 4.90 Å². The molecule has 0 amide bonds. The van der Waals surface area contributed by atoms with E-state index in [9.17, 15) is 31.9 Å². The van der Waals surface area contributed by atoms with E-state index in [0.29, 0.717) is 11.8 Å². The van der Waals surface area contributed by atoms with Crippen molar-refractivity contribution >= 4 is 17.7 Å². The van der Waals surface area contributed by atoms with Gasteiger partial charge in [-0.05, 0) is 24.8 Å². The fourth-order valence-electron chi connectivity index (χ4n) is 2.17. The van der Waals surface area contributed by atoms with Crippen LogP contribution in [0.25, 0.3) is 0 Å². The van der Waals surface area contributed by atoms with Crippen molar-refractivity contribution in [2.24, 2.45) is 5.92 Å². The number of methoxy groups -OCH3 is 1. The largest absolute Gasteiger partial charge is 0.478 e. The molecule has 0 spiro atoms. The molecule has 0 aromatic carbocycles. The number of ether oxygens (including phenoxy) is 1. The minimum absolute atomic E-state index is 0.119. The first-order chi connectivity index (χ1) is 11.4. The van der Waals surface area contributed by atoms with Crippen molar-refractivity contribution in [2.45, 2.75) is 50.1 Å². The zero-order valence-corrected chi connectivity index (χ0v) is 14.8. The first-order valence-electron chi connectivity index (χ1n) is 7.24. The van der Waals surface area contributed by atoms with Gasteiger partial charge in [-0.1, -0.05) is 25.6 Å². The van der Waals surface area contributed by atoms with Crippen LogP contribution in [0, 0.1) is 5.92 Å². The number of thioether (sulfide) groups is 1. The normalized spacial score (nSPS) is 13.6. The van der Waals surface area contributed by atoms with Gasteiger partial charge in [0.25, 0.3) is 6.43 Å². The lowest BCUT2D eigenvalue weighted by Crippen LogP contribution is -2.21. The van der Waals surface area contributed by atoms with E-state index in [0.717, 1.165) is 0 Å². The molecule has 1 atom stereocenters. The number of carboxylic acid groups (broad SMARTS) is 1. The van der Waals surface area contributed by atoms with E-state index in [1.54, 1.807) is 13.8 Å². The third-order valence-electron chi connectivity index (χ3n) is 3.20. The predicted molar refractivity (Wildman–Crippen MR) is 82.0 cm³/mol. The molecule has 10 heteroatoms. The van der Waals surface area contributed by atoms with Gasteiger partial charge >= 0.3 is 12.1 Å². The van der Waals surface area contributed by atoms with Gasteiger partial charge in [-0.25, -0.2) is 18.6 Å². The first kappa shape index (κ1) is 21.6. The Morgan fingerprint density at radius 1 is 1.28 bits per heavy atom. The van der Waals surface area contributed by atoms with E-state index in [4.69, 9.17) is 4.74 Å². The van der Waals surface area contributed by atoms with Crippen LogP contribution in [0.5, 0.6) is 0 Å². The molecule has 0 radical (unpaired) electrons. The second-order valence-corrected chi connectivity index (χ2v) is 6.96. The molecular weight excluding hydrogens is 369 g/mol. The average molecular weight is 387 g/mol. The quantitative estimate of drug-likeness (QED) is 0.404. The number of nitrogens with zero attached hydrogens (tertiary/aromatic N) is 1. The predicted octanol–water partition coefficient (Wildman–Crippen LogP) is 5.02. The maximum absolute atomic E-state index is 13.4. The molecule has 142 valence electrons. The molecule has 0 aliphatic carbocycles. The molecule has 25 heavy (non-hydrogen) atoms. The monoisotopic (exact) mass is 387 g/mol. The van der Waals surface area contributed by atoms with E-state index in [-0.39, 0.29) is 17.9 Å². The number of rotatable bonds is 7. The highest BCUT2D eigenvalue weighted by molar-refractivity contribution is 7.99. The van der Waals surface area contributed by atoms with Crippen molar-refractivity contribution in [3.63, 3.8) is 0 Å². The van der Waals surface area contributed by atoms with Crippen LogP contribution in [0.3, 0.4) is 0 Å². The summed E-state index contributed by atoms with van der Waals surface area (Å²) in [6, 6.07) is 0. The Balaban J connectivity index is 3.89. The summed E-state index contributed by atoms with van der Waals surface area (Å²) < 4.78 is 71.5. The molecular formula is C15H18F5NO3S. The van der Waals surface area contributed by atoms with Crippen molar-refractivity contribution in [3.05, 3.63) is 22.5 Å². The molecule has 1 aromatic rings. The molecule has 1 unspecified atom stereocenters. The summed E-state index contributed by atoms with van der Waals surface area (Å²) in [6.45, 7) is 4.76. The average Bonchev–Trinajstić information content (AvgIpc) is 2.45. The zero-order valence-electron chi connectivity index (χ0n) is 13.9. The lowest BCUT2D eigenvalue weighted by molar-refractivity contribution is -0.143. The number of aromatic carboxylic acids is 1. The van der Waals surface area contributed by atoms with E-state index in [2.05, 4.69) is 4.98 Å². The standard InChI is InChI=1S/C15H18F5NO3S/c1-6(2)5-8-9(14(22)23)10(13(16)17)21-12(15(18,19)20)11(8)25-7(3)24-4/h6-7,13H,5H2,1-4H3,(H,22,23). The highest BCUT2D eigenvalue weighted by Crippen LogP contribution is 2.43. The summed E-state index contributed by atoms with van der Waals surface area (Å²) in [5, 5.41) is 9.32. The number of carbonyl (C=O) groups is 1. The highest BCUT2D eigenvalue weighted by Gasteiger charge is 2.41. The van der Waals surface area contributed by atoms with Crippen LogP contribution < -0.4 is 0 Å². The first-order valence-corrected chi connectivity index (χ1v) is 8.12. The zero-order chi connectivity index (χ0) is 19.5. The summed E-state index contributed by atoms with van der Waals surface area (Å²) >= 11 is 0.605. The molecule has 0 aliphatic rings. The van der Waals surface area contributed by atoms with Crippen LogP contribution in [0.4, 0.5) is 22.0 Å². The Hall–Kier alpha value is -1.42. The topological polar surface area (TPSA) is 59.4 Å². The van der Waals surface area contributed by atoms with Gasteiger partial charge in [0.15, 0.2) is 5.69 Å². The number of carboxylic acids is 1. The summed E-state index contributed by atoms with van der Waals surface area (Å²) in [5.41, 5.74) is -4.81. The molecule has 0 saturated carbocycles. The van der Waals surface area contributed by atoms with Crippen LogP contribution >= 0.6 is 11.8 Å². The van der Waals surface area contributed by atoms with Gasteiger partial charge in [0, 0.05) is 12.0 Å². The van der Waals surface area contributed by atoms with Gasteiger partial charge in [-0.2, -0.15) is 13.2 Å². The van der Waals surface area contributed by atoms with Crippen molar-refractivity contribution in [1.82, 2.24) is 4.98 Å². The molecule has 0 saturated heterocycles. The third-order valence-corrected chi connectivity index (χ3v) is 4.40. The fourth-order valence-corrected chi connectivity index (χ4v) is 3.20. The summed E-state index contributed by atoms with van der Waals surface area (Å²) in [7, 11) is 1.27. The number of alkyl halides is 5. The molecule has 0 aliphatic heterocycles. The summed E-state index contributed by atoms with van der Waals surface area (Å²) in [5.74, 6) is -2.00. The van der Waals surface area contributed by atoms with Crippen molar-refractivity contribution in [3.8, 4) is 0 Å². The fraction of sp³-hybridized carbons (Fsp3) is 0.600. The Labute approximate surface area is 145 Å². The molecule has 1 N–H and O–H groups in total. The van der Waals surface area contributed by atoms with Gasteiger partial charge in [0.2, 0.25) is 0 Å². The Morgan fingerprint density at radius 3 is 2.20 bits per heavy atom. The van der Waals surface area contributed by atoms with Crippen LogP contribution in [0.1, 0.15) is 54.5 Å². The number of hydrogen-bond acceptors (Lipinski definition) is 4. The van der Waals surface area contributed by atoms with Gasteiger partial charge in [0.05, 0.1) is 5.56 Å². The second-order valence-electron chi connectivity index (χ2n) is 5.65. The van der Waals surface area contributed by atoms with Crippen molar-refractivity contribution in [1.29, 1.82) is 0 Å². The Kier molecular flexibility index (Phi) is 7.18. The maximum Gasteiger partial charge on any atom is 0.434 e. The van der Waals surface area contributed by atoms with Crippen LogP contribution in [0.2, 0.25) is 0 Å². The number of pyridine rings is 1. The molecule has 1 heterocycles. The Morgan fingerprint density at radius 2 is 1.84 bits per heavy atom. The summed E-state index contributed by atoms with van der Waals surface area (Å²) in [4.78, 5) is 14.0. The van der Waals surface area contributed by atoms with Gasteiger partial charge in [-0.15, -0.1) is 0 Å². The lowest BCUT2D eigenvalue weighted by Gasteiger charge is -2.22. The minimum Gasteiger partial charge on any atom is -0.478 e. The Bertz CT molecular complexity index is 635. The SMILES string of the molecule is COC(C)Sc1c(C(F)(F)F)nc(C(F)F)c(C(=O)O)c1CC(C)C. The third kappa shape index (κ3) is 5.27. The summed E-state index contributed by atoms with van der Waals surface area (Å²) in [6.07, 6.45) is -8.58. The van der Waals surface area contributed by atoms with E-state index in [1.165, 1.54) is 14.0 Å². The highest BCUT2D eigenvalue weighted by atomic mass is 32.2. The number of hydrogen-bond donors (Lipinski definition) is 1. The van der Waals surface area contributed by atoms with Crippen LogP contribution in [-0.4, -0.2) is 28.6 Å². The molecule has 0 bridgehead atoms. The smallest absolute Gasteiger partial charge is 0.434 e. The van der Waals surface area contributed by atoms with Gasteiger partial charge in [0.1, 0.15) is 11.1 Å². The van der Waals surface area contributed by atoms with Gasteiger partial charge < -0.3 is 9.84 Å². The minimum atomic E-state index is -5.01. The van der Waals surface area contributed by atoms with Crippen molar-refractivity contribution < 1.29 is 36.6 Å². The molecule has 1 aromatic heterocycles. The number of halogens is 5. The lowest BCUT2D eigenvalue weighted by atomic mass is 9.96. The maximum atomic E-state index is 13.4.